The van der Waals surface area contributed by atoms with Crippen molar-refractivity contribution in [3.05, 3.63) is 23.2 Å². The summed E-state index contributed by atoms with van der Waals surface area (Å²) in [5.41, 5.74) is -0.287. The highest BCUT2D eigenvalue weighted by atomic mass is 35.5. The standard InChI is InChI=1S/C12H17ClN2O4S/c1-12(2,3)19-7-11(16)15-10-6-8(20(14,17)18)4-5-9(10)13/h4-6H,7H2,1-3H3,(H,15,16)(H2,14,17,18). The highest BCUT2D eigenvalue weighted by molar-refractivity contribution is 7.89. The Labute approximate surface area is 123 Å². The van der Waals surface area contributed by atoms with E-state index in [9.17, 15) is 13.2 Å². The Morgan fingerprint density at radius 3 is 2.50 bits per heavy atom. The zero-order chi connectivity index (χ0) is 15.6. The van der Waals surface area contributed by atoms with Crippen molar-refractivity contribution < 1.29 is 17.9 Å². The molecule has 0 aliphatic rings. The molecule has 20 heavy (non-hydrogen) atoms. The molecule has 3 N–H and O–H groups in total. The lowest BCUT2D eigenvalue weighted by Crippen LogP contribution is -2.27. The van der Waals surface area contributed by atoms with Crippen LogP contribution in [0.25, 0.3) is 0 Å². The summed E-state index contributed by atoms with van der Waals surface area (Å²) in [7, 11) is -3.85. The van der Waals surface area contributed by atoms with E-state index in [1.54, 1.807) is 0 Å². The molecule has 0 fully saturated rings. The minimum absolute atomic E-state index is 0.131. The van der Waals surface area contributed by atoms with Crippen LogP contribution in [0.1, 0.15) is 20.8 Å². The van der Waals surface area contributed by atoms with Crippen LogP contribution in [0.2, 0.25) is 5.02 Å². The first-order valence-electron chi connectivity index (χ1n) is 5.75. The van der Waals surface area contributed by atoms with Crippen molar-refractivity contribution in [1.82, 2.24) is 0 Å². The number of sulfonamides is 1. The third-order valence-corrected chi connectivity index (χ3v) is 3.42. The molecule has 0 saturated heterocycles. The Morgan fingerprint density at radius 1 is 1.40 bits per heavy atom. The Hall–Kier alpha value is -1.15. The maximum Gasteiger partial charge on any atom is 0.250 e. The second-order valence-corrected chi connectivity index (χ2v) is 7.10. The molecular formula is C12H17ClN2O4S. The van der Waals surface area contributed by atoms with Crippen molar-refractivity contribution >= 4 is 33.2 Å². The van der Waals surface area contributed by atoms with E-state index in [2.05, 4.69) is 5.32 Å². The fraction of sp³-hybridized carbons (Fsp3) is 0.417. The number of carbonyl (C=O) groups excluding carboxylic acids is 1. The van der Waals surface area contributed by atoms with Gasteiger partial charge in [0, 0.05) is 0 Å². The average molecular weight is 321 g/mol. The van der Waals surface area contributed by atoms with Gasteiger partial charge in [0.1, 0.15) is 6.61 Å². The van der Waals surface area contributed by atoms with Gasteiger partial charge in [-0.05, 0) is 39.0 Å². The van der Waals surface area contributed by atoms with Gasteiger partial charge in [0.2, 0.25) is 15.9 Å². The number of nitrogens with two attached hydrogens (primary N) is 1. The molecule has 0 radical (unpaired) electrons. The first-order valence-corrected chi connectivity index (χ1v) is 7.67. The fourth-order valence-electron chi connectivity index (χ4n) is 1.25. The highest BCUT2D eigenvalue weighted by Crippen LogP contribution is 2.24. The molecule has 0 bridgehead atoms. The number of benzene rings is 1. The predicted molar refractivity (Wildman–Crippen MR) is 77.2 cm³/mol. The van der Waals surface area contributed by atoms with Gasteiger partial charge in [0.05, 0.1) is 21.2 Å². The molecule has 1 aromatic carbocycles. The lowest BCUT2D eigenvalue weighted by molar-refractivity contribution is -0.125. The number of carbonyl (C=O) groups is 1. The zero-order valence-electron chi connectivity index (χ0n) is 11.4. The number of hydrogen-bond acceptors (Lipinski definition) is 4. The summed E-state index contributed by atoms with van der Waals surface area (Å²) < 4.78 is 27.8. The van der Waals surface area contributed by atoms with Gasteiger partial charge in [0.15, 0.2) is 0 Å². The SMILES string of the molecule is CC(C)(C)OCC(=O)Nc1cc(S(N)(=O)=O)ccc1Cl. The Balaban J connectivity index is 2.85. The monoisotopic (exact) mass is 320 g/mol. The van der Waals surface area contributed by atoms with E-state index in [0.717, 1.165) is 0 Å². The minimum Gasteiger partial charge on any atom is -0.366 e. The van der Waals surface area contributed by atoms with Crippen LogP contribution in [0.4, 0.5) is 5.69 Å². The van der Waals surface area contributed by atoms with Crippen LogP contribution in [0, 0.1) is 0 Å². The van der Waals surface area contributed by atoms with E-state index in [0.29, 0.717) is 0 Å². The van der Waals surface area contributed by atoms with Gasteiger partial charge >= 0.3 is 0 Å². The third-order valence-electron chi connectivity index (χ3n) is 2.18. The quantitative estimate of drug-likeness (QED) is 0.882. The first-order chi connectivity index (χ1) is 8.99. The van der Waals surface area contributed by atoms with E-state index in [4.69, 9.17) is 21.5 Å². The fourth-order valence-corrected chi connectivity index (χ4v) is 1.95. The number of ether oxygens (including phenoxy) is 1. The molecule has 0 aliphatic carbocycles. The summed E-state index contributed by atoms with van der Waals surface area (Å²) in [6, 6.07) is 3.81. The molecule has 112 valence electrons. The molecule has 0 aromatic heterocycles. The molecule has 0 heterocycles. The van der Waals surface area contributed by atoms with Gasteiger partial charge in [0.25, 0.3) is 0 Å². The van der Waals surface area contributed by atoms with Crippen LogP contribution in [-0.2, 0) is 19.6 Å². The van der Waals surface area contributed by atoms with Crippen LogP contribution >= 0.6 is 11.6 Å². The molecule has 1 amide bonds. The molecule has 0 unspecified atom stereocenters. The smallest absolute Gasteiger partial charge is 0.250 e. The van der Waals surface area contributed by atoms with Crippen molar-refractivity contribution in [2.45, 2.75) is 31.3 Å². The van der Waals surface area contributed by atoms with Gasteiger partial charge in [-0.1, -0.05) is 11.6 Å². The van der Waals surface area contributed by atoms with Crippen molar-refractivity contribution in [3.63, 3.8) is 0 Å². The molecule has 0 saturated carbocycles. The van der Waals surface area contributed by atoms with Crippen LogP contribution in [0.3, 0.4) is 0 Å². The highest BCUT2D eigenvalue weighted by Gasteiger charge is 2.15. The second-order valence-electron chi connectivity index (χ2n) is 5.14. The van der Waals surface area contributed by atoms with Crippen LogP contribution in [0.5, 0.6) is 0 Å². The number of primary sulfonamides is 1. The number of amides is 1. The number of rotatable bonds is 4. The average Bonchev–Trinajstić information content (AvgIpc) is 2.27. The predicted octanol–water partition coefficient (Wildman–Crippen LogP) is 1.74. The minimum atomic E-state index is -3.85. The van der Waals surface area contributed by atoms with E-state index >= 15 is 0 Å². The van der Waals surface area contributed by atoms with Gasteiger partial charge < -0.3 is 10.1 Å². The van der Waals surface area contributed by atoms with Crippen LogP contribution in [-0.4, -0.2) is 26.5 Å². The molecule has 8 heteroatoms. The molecule has 6 nitrogen and oxygen atoms in total. The summed E-state index contributed by atoms with van der Waals surface area (Å²) in [6.45, 7) is 5.28. The molecule has 1 rings (SSSR count). The van der Waals surface area contributed by atoms with Crippen LogP contribution in [0.15, 0.2) is 23.1 Å². The summed E-state index contributed by atoms with van der Waals surface area (Å²) in [5.74, 6) is -0.437. The molecule has 0 atom stereocenters. The molecule has 0 aliphatic heterocycles. The van der Waals surface area contributed by atoms with E-state index in [-0.39, 0.29) is 22.2 Å². The molecule has 1 aromatic rings. The summed E-state index contributed by atoms with van der Waals surface area (Å²) >= 11 is 5.89. The van der Waals surface area contributed by atoms with Crippen molar-refractivity contribution in [1.29, 1.82) is 0 Å². The lowest BCUT2D eigenvalue weighted by Gasteiger charge is -2.19. The third kappa shape index (κ3) is 5.46. The van der Waals surface area contributed by atoms with Gasteiger partial charge in [-0.25, -0.2) is 13.6 Å². The summed E-state index contributed by atoms with van der Waals surface area (Å²) in [5, 5.41) is 7.70. The topological polar surface area (TPSA) is 98.5 Å². The number of hydrogen-bond donors (Lipinski definition) is 2. The maximum absolute atomic E-state index is 11.7. The van der Waals surface area contributed by atoms with E-state index < -0.39 is 21.5 Å². The zero-order valence-corrected chi connectivity index (χ0v) is 13.0. The first kappa shape index (κ1) is 16.9. The molecule has 0 spiro atoms. The summed E-state index contributed by atoms with van der Waals surface area (Å²) in [4.78, 5) is 11.6. The normalized spacial score (nSPS) is 12.2. The van der Waals surface area contributed by atoms with Gasteiger partial charge in [-0.3, -0.25) is 4.79 Å². The Kier molecular flexibility index (Phi) is 5.15. The maximum atomic E-state index is 11.7. The van der Waals surface area contributed by atoms with Gasteiger partial charge in [-0.15, -0.1) is 0 Å². The Bertz CT molecular complexity index is 608. The number of nitrogens with one attached hydrogen (secondary N) is 1. The summed E-state index contributed by atoms with van der Waals surface area (Å²) in [6.07, 6.45) is 0. The van der Waals surface area contributed by atoms with Crippen molar-refractivity contribution in [2.75, 3.05) is 11.9 Å². The van der Waals surface area contributed by atoms with Crippen molar-refractivity contribution in [3.8, 4) is 0 Å². The van der Waals surface area contributed by atoms with Crippen LogP contribution < -0.4 is 10.5 Å². The lowest BCUT2D eigenvalue weighted by atomic mass is 10.2. The van der Waals surface area contributed by atoms with Crippen molar-refractivity contribution in [2.24, 2.45) is 5.14 Å². The van der Waals surface area contributed by atoms with Gasteiger partial charge in [-0.2, -0.15) is 0 Å². The second kappa shape index (κ2) is 6.09. The number of halogens is 1. The molecular weight excluding hydrogens is 304 g/mol. The van der Waals surface area contributed by atoms with E-state index in [1.807, 2.05) is 20.8 Å². The van der Waals surface area contributed by atoms with E-state index in [1.165, 1.54) is 18.2 Å². The largest absolute Gasteiger partial charge is 0.366 e. The Morgan fingerprint density at radius 2 is 2.00 bits per heavy atom. The number of anilines is 1.